The number of hydrogen-bond acceptors (Lipinski definition) is 9. The number of β-amino-alcohol motifs (C(OH)–C–C–N with tert-alkyl or cyclic N) is 1. The van der Waals surface area contributed by atoms with Crippen molar-refractivity contribution in [2.45, 2.75) is 59.1 Å². The number of amidine groups is 1. The molecule has 0 aromatic heterocycles. The van der Waals surface area contributed by atoms with Gasteiger partial charge >= 0.3 is 5.97 Å². The average Bonchev–Trinajstić information content (AvgIpc) is 3.52. The van der Waals surface area contributed by atoms with Gasteiger partial charge in [0.15, 0.2) is 12.4 Å². The summed E-state index contributed by atoms with van der Waals surface area (Å²) in [6, 6.07) is 6.96. The van der Waals surface area contributed by atoms with Crippen LogP contribution in [0, 0.1) is 5.41 Å². The normalized spacial score (nSPS) is 15.9. The van der Waals surface area contributed by atoms with E-state index < -0.39 is 17.5 Å². The summed E-state index contributed by atoms with van der Waals surface area (Å²) >= 11 is 0. The van der Waals surface area contributed by atoms with Crippen LogP contribution in [-0.2, 0) is 21.5 Å². The summed E-state index contributed by atoms with van der Waals surface area (Å²) in [4.78, 5) is 42.2. The zero-order valence-electron chi connectivity index (χ0n) is 26.2. The van der Waals surface area contributed by atoms with Crippen LogP contribution in [0.5, 0.6) is 11.5 Å². The van der Waals surface area contributed by atoms with E-state index in [1.54, 1.807) is 36.1 Å². The average molecular weight is 631 g/mol. The first-order chi connectivity index (χ1) is 20.4. The molecule has 4 rings (SSSR count). The third-order valence-electron chi connectivity index (χ3n) is 7.59. The molecule has 1 fully saturated rings. The smallest absolute Gasteiger partial charge is 0.344 e. The highest BCUT2D eigenvalue weighted by Crippen LogP contribution is 2.42. The van der Waals surface area contributed by atoms with E-state index in [2.05, 4.69) is 5.32 Å². The fraction of sp³-hybridized carbons (Fsp3) is 0.500. The van der Waals surface area contributed by atoms with Gasteiger partial charge < -0.3 is 34.4 Å². The van der Waals surface area contributed by atoms with Crippen molar-refractivity contribution in [3.63, 3.8) is 0 Å². The van der Waals surface area contributed by atoms with Gasteiger partial charge in [-0.2, -0.15) is 0 Å². The second-order valence-corrected chi connectivity index (χ2v) is 11.7. The Morgan fingerprint density at radius 2 is 1.82 bits per heavy atom. The fourth-order valence-electron chi connectivity index (χ4n) is 5.43. The Hall–Kier alpha value is -3.83. The number of halogens is 1. The van der Waals surface area contributed by atoms with E-state index in [0.717, 1.165) is 11.1 Å². The molecule has 2 heterocycles. The van der Waals surface area contributed by atoms with Crippen molar-refractivity contribution < 1.29 is 33.7 Å². The van der Waals surface area contributed by atoms with Gasteiger partial charge in [-0.25, -0.2) is 4.79 Å². The summed E-state index contributed by atoms with van der Waals surface area (Å²) in [5, 5.41) is 21.7. The summed E-state index contributed by atoms with van der Waals surface area (Å²) in [5.41, 5.74) is 3.10. The number of Topliss-reactive ketones (excluding diaryl/α,β-unsaturated/α-hetero) is 1. The summed E-state index contributed by atoms with van der Waals surface area (Å²) in [6.07, 6.45) is 0.0610. The van der Waals surface area contributed by atoms with Crippen molar-refractivity contribution in [3.05, 3.63) is 52.1 Å². The zero-order valence-corrected chi connectivity index (χ0v) is 27.1. The summed E-state index contributed by atoms with van der Waals surface area (Å²) in [7, 11) is 1.54. The van der Waals surface area contributed by atoms with E-state index in [4.69, 9.17) is 19.6 Å². The standard InChI is InChI=1S/C32H42N4O7.ClH/c1-7-41-27-13-20-15-36(30(33)22(20)14-23(27)31(40)34-6)17-26(38)19-11-24(32(3,4)5)29(43-18-28(39)42-8-2)25(12-19)35-10-9-21(37)16-35;/h11-14,21,33,37H,7-10,15-18H2,1-6H3,(H,34,40);1H. The lowest BCUT2D eigenvalue weighted by atomic mass is 9.84. The van der Waals surface area contributed by atoms with Gasteiger partial charge in [0, 0.05) is 43.4 Å². The number of ketones is 1. The monoisotopic (exact) mass is 630 g/mol. The molecule has 3 N–H and O–H groups in total. The van der Waals surface area contributed by atoms with Crippen LogP contribution < -0.4 is 19.7 Å². The largest absolute Gasteiger partial charge is 0.493 e. The number of esters is 1. The third kappa shape index (κ3) is 7.44. The summed E-state index contributed by atoms with van der Waals surface area (Å²) in [5.74, 6) is 0.0783. The molecule has 11 nitrogen and oxygen atoms in total. The first-order valence-corrected chi connectivity index (χ1v) is 14.7. The highest BCUT2D eigenvalue weighted by Gasteiger charge is 2.33. The molecule has 0 bridgehead atoms. The minimum atomic E-state index is -0.514. The maximum absolute atomic E-state index is 13.9. The molecule has 0 aliphatic carbocycles. The maximum Gasteiger partial charge on any atom is 0.344 e. The molecule has 0 spiro atoms. The molecule has 0 radical (unpaired) electrons. The van der Waals surface area contributed by atoms with Crippen LogP contribution in [0.25, 0.3) is 0 Å². The highest BCUT2D eigenvalue weighted by molar-refractivity contribution is 6.08. The number of carbonyl (C=O) groups excluding carboxylic acids is 3. The molecule has 1 unspecified atom stereocenters. The first kappa shape index (κ1) is 34.7. The van der Waals surface area contributed by atoms with Crippen molar-refractivity contribution >= 4 is 41.6 Å². The van der Waals surface area contributed by atoms with E-state index in [0.29, 0.717) is 66.5 Å². The number of rotatable bonds is 11. The molecule has 44 heavy (non-hydrogen) atoms. The number of aliphatic hydroxyl groups excluding tert-OH is 1. The molecule has 1 amide bonds. The van der Waals surface area contributed by atoms with Crippen molar-refractivity contribution in [2.24, 2.45) is 0 Å². The molecule has 1 saturated heterocycles. The van der Waals surface area contributed by atoms with Crippen LogP contribution in [0.15, 0.2) is 24.3 Å². The quantitative estimate of drug-likeness (QED) is 0.250. The van der Waals surface area contributed by atoms with E-state index >= 15 is 0 Å². The molecule has 0 saturated carbocycles. The number of carbonyl (C=O) groups is 3. The van der Waals surface area contributed by atoms with Crippen LogP contribution in [0.1, 0.15) is 78.4 Å². The van der Waals surface area contributed by atoms with Crippen molar-refractivity contribution in [1.29, 1.82) is 5.41 Å². The topological polar surface area (TPSA) is 141 Å². The van der Waals surface area contributed by atoms with Crippen molar-refractivity contribution in [2.75, 3.05) is 51.4 Å². The fourth-order valence-corrected chi connectivity index (χ4v) is 5.43. The number of fused-ring (bicyclic) bond motifs is 1. The number of nitrogens with one attached hydrogen (secondary N) is 2. The van der Waals surface area contributed by atoms with Crippen LogP contribution >= 0.6 is 12.4 Å². The number of nitrogens with zero attached hydrogens (tertiary/aromatic N) is 2. The number of hydrogen-bond donors (Lipinski definition) is 3. The van der Waals surface area contributed by atoms with E-state index in [-0.39, 0.29) is 49.7 Å². The van der Waals surface area contributed by atoms with Gasteiger partial charge in [0.1, 0.15) is 17.3 Å². The van der Waals surface area contributed by atoms with Gasteiger partial charge in [-0.1, -0.05) is 20.8 Å². The molecule has 2 aliphatic rings. The molecule has 240 valence electrons. The first-order valence-electron chi connectivity index (χ1n) is 14.7. The Balaban J connectivity index is 0.00000529. The van der Waals surface area contributed by atoms with Crippen molar-refractivity contribution in [3.8, 4) is 11.5 Å². The van der Waals surface area contributed by atoms with Gasteiger partial charge in [0.05, 0.1) is 37.1 Å². The summed E-state index contributed by atoms with van der Waals surface area (Å²) in [6.45, 7) is 11.1. The lowest BCUT2D eigenvalue weighted by Gasteiger charge is -2.29. The molecule has 12 heteroatoms. The van der Waals surface area contributed by atoms with Crippen LogP contribution in [0.2, 0.25) is 0 Å². The maximum atomic E-state index is 13.9. The Kier molecular flexibility index (Phi) is 11.3. The van der Waals surface area contributed by atoms with E-state index in [9.17, 15) is 19.5 Å². The minimum Gasteiger partial charge on any atom is -0.493 e. The van der Waals surface area contributed by atoms with E-state index in [1.165, 1.54) is 7.05 Å². The molecular formula is C32H43ClN4O7. The van der Waals surface area contributed by atoms with Gasteiger partial charge in [-0.3, -0.25) is 15.0 Å². The van der Waals surface area contributed by atoms with Gasteiger partial charge in [0.25, 0.3) is 5.91 Å². The number of benzene rings is 2. The van der Waals surface area contributed by atoms with Crippen LogP contribution in [0.4, 0.5) is 5.69 Å². The molecule has 2 aromatic carbocycles. The number of amides is 1. The zero-order chi connectivity index (χ0) is 31.5. The van der Waals surface area contributed by atoms with Crippen LogP contribution in [0.3, 0.4) is 0 Å². The summed E-state index contributed by atoms with van der Waals surface area (Å²) < 4.78 is 16.8. The lowest BCUT2D eigenvalue weighted by molar-refractivity contribution is -0.145. The number of ether oxygens (including phenoxy) is 3. The molecule has 1 atom stereocenters. The van der Waals surface area contributed by atoms with Gasteiger partial charge in [0.2, 0.25) is 0 Å². The van der Waals surface area contributed by atoms with Crippen LogP contribution in [-0.4, -0.2) is 86.1 Å². The number of anilines is 1. The highest BCUT2D eigenvalue weighted by atomic mass is 35.5. The second kappa shape index (κ2) is 14.3. The van der Waals surface area contributed by atoms with E-state index in [1.807, 2.05) is 32.6 Å². The predicted molar refractivity (Wildman–Crippen MR) is 170 cm³/mol. The molecule has 2 aliphatic heterocycles. The second-order valence-electron chi connectivity index (χ2n) is 11.7. The number of aliphatic hydroxyl groups is 1. The Morgan fingerprint density at radius 1 is 1.09 bits per heavy atom. The lowest BCUT2D eigenvalue weighted by Crippen LogP contribution is -2.31. The Bertz CT molecular complexity index is 1420. The van der Waals surface area contributed by atoms with Crippen molar-refractivity contribution in [1.82, 2.24) is 10.2 Å². The molecular weight excluding hydrogens is 588 g/mol. The Morgan fingerprint density at radius 3 is 2.41 bits per heavy atom. The SMILES string of the molecule is CCOC(=O)COc1c(N2CCC(O)C2)cc(C(=O)CN2Cc3cc(OCC)c(C(=O)NC)cc3C2=N)cc1C(C)(C)C.Cl. The Labute approximate surface area is 264 Å². The predicted octanol–water partition coefficient (Wildman–Crippen LogP) is 3.70. The third-order valence-corrected chi connectivity index (χ3v) is 7.59. The van der Waals surface area contributed by atoms with Gasteiger partial charge in [-0.15, -0.1) is 12.4 Å². The van der Waals surface area contributed by atoms with Gasteiger partial charge in [-0.05, 0) is 55.5 Å². The molecule has 2 aromatic rings. The minimum absolute atomic E-state index is 0.